The fourth-order valence-electron chi connectivity index (χ4n) is 2.77. The van der Waals surface area contributed by atoms with Gasteiger partial charge in [-0.1, -0.05) is 0 Å². The van der Waals surface area contributed by atoms with Crippen LogP contribution in [0.5, 0.6) is 5.75 Å². The minimum absolute atomic E-state index is 0.0440. The summed E-state index contributed by atoms with van der Waals surface area (Å²) in [5, 5.41) is 12.1. The van der Waals surface area contributed by atoms with Crippen LogP contribution in [0.4, 0.5) is 0 Å². The predicted octanol–water partition coefficient (Wildman–Crippen LogP) is 2.51. The topological polar surface area (TPSA) is 92.7 Å². The van der Waals surface area contributed by atoms with Crippen LogP contribution in [-0.4, -0.2) is 46.9 Å². The number of aliphatic carboxylic acids is 1. The van der Waals surface area contributed by atoms with Gasteiger partial charge in [0.2, 0.25) is 5.91 Å². The number of amides is 1. The number of carbonyl (C=O) groups excluding carboxylic acids is 2. The van der Waals surface area contributed by atoms with Gasteiger partial charge in [0.15, 0.2) is 5.78 Å². The molecule has 0 atom stereocenters. The molecule has 0 aliphatic carbocycles. The van der Waals surface area contributed by atoms with Gasteiger partial charge in [-0.2, -0.15) is 11.8 Å². The van der Waals surface area contributed by atoms with Crippen molar-refractivity contribution in [3.63, 3.8) is 0 Å². The summed E-state index contributed by atoms with van der Waals surface area (Å²) < 4.78 is 5.05. The molecule has 7 heteroatoms. The molecule has 1 aliphatic heterocycles. The molecule has 0 bridgehead atoms. The van der Waals surface area contributed by atoms with Crippen molar-refractivity contribution in [1.82, 2.24) is 5.32 Å². The van der Waals surface area contributed by atoms with Gasteiger partial charge in [-0.15, -0.1) is 0 Å². The quantitative estimate of drug-likeness (QED) is 0.688. The molecule has 2 rings (SSSR count). The molecule has 1 heterocycles. The summed E-state index contributed by atoms with van der Waals surface area (Å²) in [5.74, 6) is 0.802. The minimum Gasteiger partial charge on any atom is -0.497 e. The van der Waals surface area contributed by atoms with E-state index in [4.69, 9.17) is 4.74 Å². The molecule has 6 nitrogen and oxygen atoms in total. The summed E-state index contributed by atoms with van der Waals surface area (Å²) in [6, 6.07) is 6.83. The number of hydrogen-bond donors (Lipinski definition) is 2. The Labute approximate surface area is 151 Å². The highest BCUT2D eigenvalue weighted by molar-refractivity contribution is 7.99. The Kier molecular flexibility index (Phi) is 6.87. The fraction of sp³-hybridized carbons (Fsp3) is 0.500. The van der Waals surface area contributed by atoms with Crippen molar-refractivity contribution in [2.75, 3.05) is 18.6 Å². The Bertz CT molecular complexity index is 623. The third-order valence-corrected chi connectivity index (χ3v) is 5.34. The normalized spacial score (nSPS) is 16.0. The van der Waals surface area contributed by atoms with Crippen molar-refractivity contribution in [2.24, 2.45) is 0 Å². The Balaban J connectivity index is 1.81. The number of ketones is 1. The van der Waals surface area contributed by atoms with Crippen LogP contribution in [0.1, 0.15) is 42.5 Å². The number of nitrogens with one attached hydrogen (secondary N) is 1. The Morgan fingerprint density at radius 1 is 1.16 bits per heavy atom. The van der Waals surface area contributed by atoms with Crippen LogP contribution >= 0.6 is 11.8 Å². The molecule has 1 aliphatic rings. The number of methoxy groups -OCH3 is 1. The van der Waals surface area contributed by atoms with Gasteiger partial charge in [-0.3, -0.25) is 9.59 Å². The number of benzene rings is 1. The van der Waals surface area contributed by atoms with Crippen molar-refractivity contribution in [3.8, 4) is 5.75 Å². The van der Waals surface area contributed by atoms with Crippen LogP contribution in [0.15, 0.2) is 24.3 Å². The maximum absolute atomic E-state index is 12.1. The first-order chi connectivity index (χ1) is 12.0. The van der Waals surface area contributed by atoms with E-state index in [2.05, 4.69) is 5.32 Å². The molecule has 136 valence electrons. The number of rotatable bonds is 8. The lowest BCUT2D eigenvalue weighted by molar-refractivity contribution is -0.148. The largest absolute Gasteiger partial charge is 0.497 e. The Hall–Kier alpha value is -2.02. The standard InChI is InChI=1S/C18H23NO5S/c1-24-14-7-5-13(6-8-14)15(20)3-2-4-16(21)19-18(17(22)23)9-11-25-12-10-18/h5-8H,2-4,9-12H2,1H3,(H,19,21)(H,22,23). The van der Waals surface area contributed by atoms with E-state index in [-0.39, 0.29) is 24.5 Å². The van der Waals surface area contributed by atoms with Crippen LogP contribution in [0.3, 0.4) is 0 Å². The first kappa shape index (κ1) is 19.3. The molecule has 0 radical (unpaired) electrons. The summed E-state index contributed by atoms with van der Waals surface area (Å²) in [7, 11) is 1.56. The minimum atomic E-state index is -1.15. The molecular formula is C18H23NO5S. The molecule has 1 aromatic rings. The lowest BCUT2D eigenvalue weighted by Crippen LogP contribution is -2.56. The van der Waals surface area contributed by atoms with E-state index < -0.39 is 11.5 Å². The number of ether oxygens (including phenoxy) is 1. The van der Waals surface area contributed by atoms with Crippen LogP contribution in [0, 0.1) is 0 Å². The number of carbonyl (C=O) groups is 3. The Morgan fingerprint density at radius 2 is 1.80 bits per heavy atom. The molecule has 1 fully saturated rings. The van der Waals surface area contributed by atoms with Crippen LogP contribution in [0.2, 0.25) is 0 Å². The molecule has 2 N–H and O–H groups in total. The molecule has 0 saturated carbocycles. The highest BCUT2D eigenvalue weighted by Gasteiger charge is 2.41. The monoisotopic (exact) mass is 365 g/mol. The van der Waals surface area contributed by atoms with E-state index in [1.54, 1.807) is 43.1 Å². The van der Waals surface area contributed by atoms with Gasteiger partial charge in [-0.05, 0) is 55.0 Å². The van der Waals surface area contributed by atoms with Gasteiger partial charge in [0.1, 0.15) is 11.3 Å². The zero-order chi connectivity index (χ0) is 18.3. The number of hydrogen-bond acceptors (Lipinski definition) is 5. The average Bonchev–Trinajstić information content (AvgIpc) is 2.62. The zero-order valence-electron chi connectivity index (χ0n) is 14.2. The fourth-order valence-corrected chi connectivity index (χ4v) is 3.96. The SMILES string of the molecule is COc1ccc(C(=O)CCCC(=O)NC2(C(=O)O)CCSCC2)cc1. The number of Topliss-reactive ketones (excluding diaryl/α,β-unsaturated/α-hetero) is 1. The molecule has 0 unspecified atom stereocenters. The third kappa shape index (κ3) is 5.22. The van der Waals surface area contributed by atoms with E-state index in [0.717, 1.165) is 11.5 Å². The third-order valence-electron chi connectivity index (χ3n) is 4.35. The maximum atomic E-state index is 12.1. The van der Waals surface area contributed by atoms with Gasteiger partial charge in [0.25, 0.3) is 0 Å². The van der Waals surface area contributed by atoms with Crippen LogP contribution < -0.4 is 10.1 Å². The van der Waals surface area contributed by atoms with Crippen LogP contribution in [-0.2, 0) is 9.59 Å². The maximum Gasteiger partial charge on any atom is 0.329 e. The summed E-state index contributed by atoms with van der Waals surface area (Å²) in [6.45, 7) is 0. The second-order valence-corrected chi connectivity index (χ2v) is 7.28. The molecule has 1 amide bonds. The van der Waals surface area contributed by atoms with Crippen molar-refractivity contribution < 1.29 is 24.2 Å². The zero-order valence-corrected chi connectivity index (χ0v) is 15.1. The van der Waals surface area contributed by atoms with Crippen molar-refractivity contribution in [1.29, 1.82) is 0 Å². The van der Waals surface area contributed by atoms with Crippen molar-refractivity contribution in [2.45, 2.75) is 37.6 Å². The highest BCUT2D eigenvalue weighted by atomic mass is 32.2. The molecule has 25 heavy (non-hydrogen) atoms. The van der Waals surface area contributed by atoms with Gasteiger partial charge in [0.05, 0.1) is 7.11 Å². The predicted molar refractivity (Wildman–Crippen MR) is 96.2 cm³/mol. The second kappa shape index (κ2) is 8.89. The Morgan fingerprint density at radius 3 is 2.36 bits per heavy atom. The summed E-state index contributed by atoms with van der Waals surface area (Å²) in [5.41, 5.74) is -0.574. The number of carboxylic acids is 1. The second-order valence-electron chi connectivity index (χ2n) is 6.05. The van der Waals surface area contributed by atoms with E-state index in [1.807, 2.05) is 0 Å². The molecular weight excluding hydrogens is 342 g/mol. The first-order valence-electron chi connectivity index (χ1n) is 8.26. The lowest BCUT2D eigenvalue weighted by Gasteiger charge is -2.33. The number of thioether (sulfide) groups is 1. The van der Waals surface area contributed by atoms with Gasteiger partial charge < -0.3 is 15.2 Å². The molecule has 0 aromatic heterocycles. The van der Waals surface area contributed by atoms with Gasteiger partial charge in [-0.25, -0.2) is 4.79 Å². The van der Waals surface area contributed by atoms with Gasteiger partial charge in [0, 0.05) is 18.4 Å². The van der Waals surface area contributed by atoms with E-state index in [1.165, 1.54) is 0 Å². The molecule has 0 spiro atoms. The molecule has 1 saturated heterocycles. The molecule has 1 aromatic carbocycles. The summed E-state index contributed by atoms with van der Waals surface area (Å²) in [4.78, 5) is 35.8. The van der Waals surface area contributed by atoms with Gasteiger partial charge >= 0.3 is 5.97 Å². The van der Waals surface area contributed by atoms with E-state index in [0.29, 0.717) is 30.6 Å². The first-order valence-corrected chi connectivity index (χ1v) is 9.42. The smallest absolute Gasteiger partial charge is 0.329 e. The van der Waals surface area contributed by atoms with Crippen molar-refractivity contribution in [3.05, 3.63) is 29.8 Å². The van der Waals surface area contributed by atoms with E-state index in [9.17, 15) is 19.5 Å². The summed E-state index contributed by atoms with van der Waals surface area (Å²) in [6.07, 6.45) is 1.65. The lowest BCUT2D eigenvalue weighted by atomic mass is 9.92. The number of carboxylic acid groups (broad SMARTS) is 1. The highest BCUT2D eigenvalue weighted by Crippen LogP contribution is 2.27. The van der Waals surface area contributed by atoms with Crippen molar-refractivity contribution >= 4 is 29.4 Å². The summed E-state index contributed by atoms with van der Waals surface area (Å²) >= 11 is 1.70. The average molecular weight is 365 g/mol. The van der Waals surface area contributed by atoms with Crippen LogP contribution in [0.25, 0.3) is 0 Å². The van der Waals surface area contributed by atoms with E-state index >= 15 is 0 Å².